The van der Waals surface area contributed by atoms with Crippen molar-refractivity contribution >= 4 is 11.7 Å². The molecule has 0 heterocycles. The Labute approximate surface area is 122 Å². The number of carbonyl (C=O) groups is 1. The van der Waals surface area contributed by atoms with E-state index >= 15 is 0 Å². The Morgan fingerprint density at radius 1 is 1.10 bits per heavy atom. The zero-order valence-corrected chi connectivity index (χ0v) is 11.6. The van der Waals surface area contributed by atoms with Crippen LogP contribution in [-0.2, 0) is 16.1 Å². The first-order chi connectivity index (χ1) is 10.2. The summed E-state index contributed by atoms with van der Waals surface area (Å²) in [5.74, 6) is -0.0768. The molecule has 1 N–H and O–H groups in total. The first-order valence-corrected chi connectivity index (χ1v) is 6.45. The molecule has 2 aromatic carbocycles. The Morgan fingerprint density at radius 2 is 1.76 bits per heavy atom. The van der Waals surface area contributed by atoms with Crippen LogP contribution in [0.4, 0.5) is 10.1 Å². The summed E-state index contributed by atoms with van der Waals surface area (Å²) in [4.78, 5) is 10.9. The van der Waals surface area contributed by atoms with E-state index in [9.17, 15) is 9.18 Å². The van der Waals surface area contributed by atoms with Gasteiger partial charge >= 0.3 is 5.97 Å². The number of hydrogen-bond acceptors (Lipinski definition) is 4. The van der Waals surface area contributed by atoms with E-state index in [0.29, 0.717) is 12.3 Å². The molecule has 110 valence electrons. The van der Waals surface area contributed by atoms with Crippen LogP contribution in [0, 0.1) is 5.82 Å². The number of ether oxygens (including phenoxy) is 2. The Kier molecular flexibility index (Phi) is 5.15. The number of nitrogens with one attached hydrogen (secondary N) is 1. The number of methoxy groups -OCH3 is 1. The molecule has 21 heavy (non-hydrogen) atoms. The van der Waals surface area contributed by atoms with E-state index in [1.54, 1.807) is 24.3 Å². The minimum Gasteiger partial charge on any atom is -0.482 e. The number of anilines is 1. The van der Waals surface area contributed by atoms with E-state index in [4.69, 9.17) is 4.74 Å². The van der Waals surface area contributed by atoms with E-state index < -0.39 is 5.97 Å². The van der Waals surface area contributed by atoms with Gasteiger partial charge in [0.25, 0.3) is 0 Å². The predicted octanol–water partition coefficient (Wildman–Crippen LogP) is 2.99. The number of hydrogen-bond donors (Lipinski definition) is 1. The molecule has 0 fully saturated rings. The Morgan fingerprint density at radius 3 is 2.38 bits per heavy atom. The Balaban J connectivity index is 1.84. The summed E-state index contributed by atoms with van der Waals surface area (Å²) < 4.78 is 22.5. The fourth-order valence-corrected chi connectivity index (χ4v) is 1.68. The molecule has 2 rings (SSSR count). The van der Waals surface area contributed by atoms with Gasteiger partial charge in [-0.3, -0.25) is 0 Å². The van der Waals surface area contributed by atoms with Crippen LogP contribution in [0.5, 0.6) is 5.75 Å². The summed E-state index contributed by atoms with van der Waals surface area (Å²) >= 11 is 0. The van der Waals surface area contributed by atoms with Gasteiger partial charge in [0, 0.05) is 12.2 Å². The van der Waals surface area contributed by atoms with Crippen LogP contribution in [0.15, 0.2) is 48.5 Å². The fraction of sp³-hybridized carbons (Fsp3) is 0.188. The second-order valence-corrected chi connectivity index (χ2v) is 4.37. The summed E-state index contributed by atoms with van der Waals surface area (Å²) in [7, 11) is 1.31. The lowest BCUT2D eigenvalue weighted by molar-refractivity contribution is -0.142. The van der Waals surface area contributed by atoms with Crippen LogP contribution in [0.25, 0.3) is 0 Å². The quantitative estimate of drug-likeness (QED) is 0.831. The third-order valence-electron chi connectivity index (χ3n) is 2.85. The molecule has 0 bridgehead atoms. The average Bonchev–Trinajstić information content (AvgIpc) is 2.53. The van der Waals surface area contributed by atoms with Crippen LogP contribution in [0.1, 0.15) is 5.56 Å². The maximum atomic E-state index is 12.8. The zero-order valence-electron chi connectivity index (χ0n) is 11.6. The minimum atomic E-state index is -0.423. The first kappa shape index (κ1) is 14.8. The molecule has 0 spiro atoms. The molecule has 0 atom stereocenters. The predicted molar refractivity (Wildman–Crippen MR) is 77.7 cm³/mol. The van der Waals surface area contributed by atoms with Gasteiger partial charge in [0.15, 0.2) is 6.61 Å². The molecule has 0 saturated carbocycles. The number of benzene rings is 2. The molecule has 0 aromatic heterocycles. The molecule has 0 amide bonds. The lowest BCUT2D eigenvalue weighted by Gasteiger charge is -2.08. The van der Waals surface area contributed by atoms with Crippen molar-refractivity contribution in [2.45, 2.75) is 6.54 Å². The van der Waals surface area contributed by atoms with Crippen LogP contribution >= 0.6 is 0 Å². The van der Waals surface area contributed by atoms with Gasteiger partial charge in [-0.1, -0.05) is 12.1 Å². The largest absolute Gasteiger partial charge is 0.482 e. The standard InChI is InChI=1S/C16H16FNO3/c1-20-16(19)11-21-15-8-6-14(7-9-15)18-10-12-2-4-13(17)5-3-12/h2-9,18H,10-11H2,1H3. The first-order valence-electron chi connectivity index (χ1n) is 6.45. The SMILES string of the molecule is COC(=O)COc1ccc(NCc2ccc(F)cc2)cc1. The van der Waals surface area contributed by atoms with Gasteiger partial charge in [-0.25, -0.2) is 9.18 Å². The third-order valence-corrected chi connectivity index (χ3v) is 2.85. The van der Waals surface area contributed by atoms with Crippen molar-refractivity contribution < 1.29 is 18.7 Å². The van der Waals surface area contributed by atoms with Crippen molar-refractivity contribution in [2.75, 3.05) is 19.0 Å². The van der Waals surface area contributed by atoms with Gasteiger partial charge in [0.2, 0.25) is 0 Å². The lowest BCUT2D eigenvalue weighted by Crippen LogP contribution is -2.12. The molecule has 0 aliphatic heterocycles. The van der Waals surface area contributed by atoms with Gasteiger partial charge in [-0.05, 0) is 42.0 Å². The summed E-state index contributed by atoms with van der Waals surface area (Å²) in [6.45, 7) is 0.488. The van der Waals surface area contributed by atoms with Crippen molar-refractivity contribution in [2.24, 2.45) is 0 Å². The minimum absolute atomic E-state index is 0.112. The van der Waals surface area contributed by atoms with Crippen LogP contribution in [-0.4, -0.2) is 19.7 Å². The summed E-state index contributed by atoms with van der Waals surface area (Å²) in [5, 5.41) is 3.21. The smallest absolute Gasteiger partial charge is 0.343 e. The molecular weight excluding hydrogens is 273 g/mol. The normalized spacial score (nSPS) is 10.0. The van der Waals surface area contributed by atoms with Crippen LogP contribution in [0.2, 0.25) is 0 Å². The van der Waals surface area contributed by atoms with Gasteiger partial charge in [0.05, 0.1) is 7.11 Å². The highest BCUT2D eigenvalue weighted by atomic mass is 19.1. The number of rotatable bonds is 6. The monoisotopic (exact) mass is 289 g/mol. The molecule has 2 aromatic rings. The molecule has 0 aliphatic carbocycles. The highest BCUT2D eigenvalue weighted by Gasteiger charge is 2.01. The number of halogens is 1. The van der Waals surface area contributed by atoms with Gasteiger partial charge in [0.1, 0.15) is 11.6 Å². The van der Waals surface area contributed by atoms with Crippen molar-refractivity contribution in [3.8, 4) is 5.75 Å². The van der Waals surface area contributed by atoms with E-state index in [1.165, 1.54) is 19.2 Å². The van der Waals surface area contributed by atoms with Crippen LogP contribution in [0.3, 0.4) is 0 Å². The summed E-state index contributed by atoms with van der Waals surface area (Å²) in [6.07, 6.45) is 0. The van der Waals surface area contributed by atoms with E-state index in [-0.39, 0.29) is 12.4 Å². The maximum absolute atomic E-state index is 12.8. The van der Waals surface area contributed by atoms with E-state index in [0.717, 1.165) is 11.3 Å². The van der Waals surface area contributed by atoms with Gasteiger partial charge in [-0.2, -0.15) is 0 Å². The second kappa shape index (κ2) is 7.28. The topological polar surface area (TPSA) is 47.6 Å². The fourth-order valence-electron chi connectivity index (χ4n) is 1.68. The summed E-state index contributed by atoms with van der Waals surface area (Å²) in [6, 6.07) is 13.5. The van der Waals surface area contributed by atoms with Gasteiger partial charge < -0.3 is 14.8 Å². The molecule has 0 saturated heterocycles. The molecule has 0 aliphatic rings. The Hall–Kier alpha value is -2.56. The van der Waals surface area contributed by atoms with Crippen molar-refractivity contribution in [1.82, 2.24) is 0 Å². The highest BCUT2D eigenvalue weighted by molar-refractivity contribution is 5.70. The van der Waals surface area contributed by atoms with Crippen molar-refractivity contribution in [3.05, 3.63) is 59.9 Å². The maximum Gasteiger partial charge on any atom is 0.343 e. The molecule has 0 radical (unpaired) electrons. The number of esters is 1. The molecule has 5 heteroatoms. The van der Waals surface area contributed by atoms with E-state index in [1.807, 2.05) is 12.1 Å². The molecular formula is C16H16FNO3. The third kappa shape index (κ3) is 4.80. The summed E-state index contributed by atoms with van der Waals surface area (Å²) in [5.41, 5.74) is 1.90. The van der Waals surface area contributed by atoms with Crippen molar-refractivity contribution in [3.63, 3.8) is 0 Å². The Bertz CT molecular complexity index is 581. The highest BCUT2D eigenvalue weighted by Crippen LogP contribution is 2.16. The molecule has 4 nitrogen and oxygen atoms in total. The number of carbonyl (C=O) groups excluding carboxylic acids is 1. The van der Waals surface area contributed by atoms with Crippen molar-refractivity contribution in [1.29, 1.82) is 0 Å². The van der Waals surface area contributed by atoms with Gasteiger partial charge in [-0.15, -0.1) is 0 Å². The zero-order chi connectivity index (χ0) is 15.1. The second-order valence-electron chi connectivity index (χ2n) is 4.37. The van der Waals surface area contributed by atoms with E-state index in [2.05, 4.69) is 10.1 Å². The lowest BCUT2D eigenvalue weighted by atomic mass is 10.2. The van der Waals surface area contributed by atoms with Crippen LogP contribution < -0.4 is 10.1 Å². The molecule has 0 unspecified atom stereocenters. The average molecular weight is 289 g/mol.